The van der Waals surface area contributed by atoms with Crippen molar-refractivity contribution in [3.05, 3.63) is 173 Å². The fourth-order valence-corrected chi connectivity index (χ4v) is 9.70. The van der Waals surface area contributed by atoms with Crippen molar-refractivity contribution < 1.29 is 4.74 Å². The van der Waals surface area contributed by atoms with E-state index in [2.05, 4.69) is 218 Å². The minimum absolute atomic E-state index is 0.00867. The van der Waals surface area contributed by atoms with E-state index in [1.807, 2.05) is 0 Å². The molecule has 0 unspecified atom stereocenters. The third-order valence-electron chi connectivity index (χ3n) is 12.8. The molecule has 0 atom stereocenters. The maximum atomic E-state index is 7.12. The zero-order valence-corrected chi connectivity index (χ0v) is 35.2. The smallest absolute Gasteiger partial charge is 0.256 e. The van der Waals surface area contributed by atoms with Crippen LogP contribution in [0.25, 0.3) is 11.1 Å². The van der Waals surface area contributed by atoms with Gasteiger partial charge in [-0.15, -0.1) is 0 Å². The monoisotopic (exact) mass is 754 g/mol. The van der Waals surface area contributed by atoms with Gasteiger partial charge >= 0.3 is 0 Å². The van der Waals surface area contributed by atoms with Crippen LogP contribution in [0.15, 0.2) is 146 Å². The maximum Gasteiger partial charge on any atom is 0.256 e. The highest BCUT2D eigenvalue weighted by Gasteiger charge is 2.45. The van der Waals surface area contributed by atoms with Gasteiger partial charge in [-0.05, 0) is 146 Å². The quantitative estimate of drug-likeness (QED) is 0.166. The molecular formula is C54H51BN2O. The zero-order chi connectivity index (χ0) is 40.3. The molecule has 0 saturated carbocycles. The summed E-state index contributed by atoms with van der Waals surface area (Å²) in [5.74, 6) is 1.90. The Labute approximate surface area is 345 Å². The SMILES string of the molecule is Cc1cc2c3c(c1)N(c1ccc(C(C)(C)C)cc1)c1ccc(C(C)(C)C)cc1B3c1cc3c(cc1O2)-c1ccc(N(c2ccccc2)c2ccccc2)cc1C3(C)C. The van der Waals surface area contributed by atoms with Crippen molar-refractivity contribution in [3.8, 4) is 22.6 Å². The van der Waals surface area contributed by atoms with Crippen LogP contribution < -0.4 is 30.9 Å². The topological polar surface area (TPSA) is 15.7 Å². The van der Waals surface area contributed by atoms with E-state index < -0.39 is 0 Å². The third kappa shape index (κ3) is 5.63. The molecule has 0 spiro atoms. The molecule has 0 amide bonds. The van der Waals surface area contributed by atoms with E-state index in [-0.39, 0.29) is 23.0 Å². The number of para-hydroxylation sites is 2. The summed E-state index contributed by atoms with van der Waals surface area (Å²) in [6, 6.07) is 54.2. The summed E-state index contributed by atoms with van der Waals surface area (Å²) in [5, 5.41) is 0. The van der Waals surface area contributed by atoms with Crippen LogP contribution in [0, 0.1) is 6.92 Å². The second-order valence-electron chi connectivity index (χ2n) is 19.2. The number of aryl methyl sites for hydroxylation is 1. The molecule has 0 fully saturated rings. The first-order chi connectivity index (χ1) is 27.7. The molecule has 1 aliphatic carbocycles. The minimum Gasteiger partial charge on any atom is -0.458 e. The number of ether oxygens (including phenoxy) is 1. The first kappa shape index (κ1) is 36.4. The average Bonchev–Trinajstić information content (AvgIpc) is 3.41. The predicted molar refractivity (Wildman–Crippen MR) is 247 cm³/mol. The Kier molecular flexibility index (Phi) is 7.99. The molecule has 3 aliphatic rings. The van der Waals surface area contributed by atoms with Crippen LogP contribution in [0.3, 0.4) is 0 Å². The average molecular weight is 755 g/mol. The molecule has 2 aliphatic heterocycles. The van der Waals surface area contributed by atoms with Crippen molar-refractivity contribution in [2.24, 2.45) is 0 Å². The third-order valence-corrected chi connectivity index (χ3v) is 12.8. The van der Waals surface area contributed by atoms with Crippen molar-refractivity contribution in [1.82, 2.24) is 0 Å². The van der Waals surface area contributed by atoms with Gasteiger partial charge in [0.25, 0.3) is 6.71 Å². The lowest BCUT2D eigenvalue weighted by molar-refractivity contribution is 0.487. The minimum atomic E-state index is -0.239. The Bertz CT molecular complexity index is 2720. The van der Waals surface area contributed by atoms with Gasteiger partial charge in [0, 0.05) is 39.5 Å². The summed E-state index contributed by atoms with van der Waals surface area (Å²) >= 11 is 0. The van der Waals surface area contributed by atoms with E-state index in [9.17, 15) is 0 Å². The Morgan fingerprint density at radius 2 is 1.16 bits per heavy atom. The Balaban J connectivity index is 1.15. The fraction of sp³-hybridized carbons (Fsp3) is 0.222. The summed E-state index contributed by atoms with van der Waals surface area (Å²) in [6.45, 7) is 20.8. The first-order valence-electron chi connectivity index (χ1n) is 20.8. The van der Waals surface area contributed by atoms with Gasteiger partial charge in [-0.3, -0.25) is 0 Å². The highest BCUT2D eigenvalue weighted by Crippen LogP contribution is 2.52. The lowest BCUT2D eigenvalue weighted by Crippen LogP contribution is -2.60. The van der Waals surface area contributed by atoms with Gasteiger partial charge in [0.05, 0.1) is 0 Å². The summed E-state index contributed by atoms with van der Waals surface area (Å²) in [7, 11) is 0. The molecule has 4 heteroatoms. The molecule has 10 rings (SSSR count). The van der Waals surface area contributed by atoms with E-state index in [4.69, 9.17) is 4.74 Å². The highest BCUT2D eigenvalue weighted by molar-refractivity contribution is 6.99. The molecule has 286 valence electrons. The maximum absolute atomic E-state index is 7.12. The van der Waals surface area contributed by atoms with Crippen LogP contribution >= 0.6 is 0 Å². The van der Waals surface area contributed by atoms with Gasteiger partial charge < -0.3 is 14.5 Å². The van der Waals surface area contributed by atoms with E-state index in [1.165, 1.54) is 66.7 Å². The lowest BCUT2D eigenvalue weighted by Gasteiger charge is -2.41. The molecule has 0 bridgehead atoms. The Morgan fingerprint density at radius 1 is 0.534 bits per heavy atom. The predicted octanol–water partition coefficient (Wildman–Crippen LogP) is 12.8. The summed E-state index contributed by atoms with van der Waals surface area (Å²) in [6.07, 6.45) is 0. The molecular weight excluding hydrogens is 703 g/mol. The summed E-state index contributed by atoms with van der Waals surface area (Å²) < 4.78 is 7.12. The molecule has 0 aromatic heterocycles. The second-order valence-corrected chi connectivity index (χ2v) is 19.2. The van der Waals surface area contributed by atoms with E-state index in [1.54, 1.807) is 0 Å². The standard InChI is InChI=1S/C54H51BN2O/c1-34-28-48-51-50(29-34)58-49-32-42-41-26-25-40(56(37-16-12-10-13-17-37)38-18-14-11-15-19-38)31-43(41)54(8,9)44(42)33-46(49)55(51)45-30-36(53(5,6)7)22-27-47(45)57(48)39-23-20-35(21-24-39)52(2,3)4/h10-33H,1-9H3. The lowest BCUT2D eigenvalue weighted by atomic mass is 9.33. The van der Waals surface area contributed by atoms with Crippen molar-refractivity contribution in [1.29, 1.82) is 0 Å². The van der Waals surface area contributed by atoms with Gasteiger partial charge in [-0.2, -0.15) is 0 Å². The van der Waals surface area contributed by atoms with Crippen LogP contribution in [0.2, 0.25) is 0 Å². The summed E-state index contributed by atoms with van der Waals surface area (Å²) in [4.78, 5) is 4.84. The van der Waals surface area contributed by atoms with E-state index in [0.717, 1.165) is 34.2 Å². The van der Waals surface area contributed by atoms with Crippen LogP contribution in [0.4, 0.5) is 34.1 Å². The number of benzene rings is 7. The van der Waals surface area contributed by atoms with Crippen molar-refractivity contribution in [2.45, 2.75) is 78.6 Å². The van der Waals surface area contributed by atoms with Crippen LogP contribution in [-0.2, 0) is 16.2 Å². The number of anilines is 6. The van der Waals surface area contributed by atoms with Crippen molar-refractivity contribution in [2.75, 3.05) is 9.80 Å². The largest absolute Gasteiger partial charge is 0.458 e. The molecule has 0 radical (unpaired) electrons. The van der Waals surface area contributed by atoms with Crippen LogP contribution in [0.1, 0.15) is 83.2 Å². The number of hydrogen-bond donors (Lipinski definition) is 0. The fourth-order valence-electron chi connectivity index (χ4n) is 9.70. The second kappa shape index (κ2) is 12.8. The number of hydrogen-bond acceptors (Lipinski definition) is 3. The van der Waals surface area contributed by atoms with E-state index >= 15 is 0 Å². The van der Waals surface area contributed by atoms with Crippen LogP contribution in [0.5, 0.6) is 11.5 Å². The van der Waals surface area contributed by atoms with Gasteiger partial charge in [-0.25, -0.2) is 0 Å². The van der Waals surface area contributed by atoms with Gasteiger partial charge in [0.15, 0.2) is 0 Å². The first-order valence-corrected chi connectivity index (χ1v) is 20.8. The Hall–Kier alpha value is -6.00. The summed E-state index contributed by atoms with van der Waals surface area (Å²) in [5.41, 5.74) is 19.7. The van der Waals surface area contributed by atoms with Crippen molar-refractivity contribution in [3.63, 3.8) is 0 Å². The molecule has 0 N–H and O–H groups in total. The molecule has 3 nitrogen and oxygen atoms in total. The molecule has 0 saturated heterocycles. The number of rotatable bonds is 4. The van der Waals surface area contributed by atoms with Gasteiger partial charge in [-0.1, -0.05) is 128 Å². The Morgan fingerprint density at radius 3 is 1.79 bits per heavy atom. The van der Waals surface area contributed by atoms with Crippen LogP contribution in [-0.4, -0.2) is 6.71 Å². The van der Waals surface area contributed by atoms with Gasteiger partial charge in [0.1, 0.15) is 11.5 Å². The normalized spacial score (nSPS) is 14.5. The van der Waals surface area contributed by atoms with Gasteiger partial charge in [0.2, 0.25) is 0 Å². The van der Waals surface area contributed by atoms with E-state index in [0.29, 0.717) is 0 Å². The molecule has 7 aromatic carbocycles. The molecule has 7 aromatic rings. The zero-order valence-electron chi connectivity index (χ0n) is 35.2. The number of fused-ring (bicyclic) bond motifs is 7. The van der Waals surface area contributed by atoms with Crippen molar-refractivity contribution >= 4 is 57.2 Å². The molecule has 58 heavy (non-hydrogen) atoms. The number of nitrogens with zero attached hydrogens (tertiary/aromatic N) is 2. The molecule has 2 heterocycles. The highest BCUT2D eigenvalue weighted by atomic mass is 16.5.